The summed E-state index contributed by atoms with van der Waals surface area (Å²) in [4.78, 5) is 22.8. The van der Waals surface area contributed by atoms with E-state index in [1.807, 2.05) is 6.07 Å². The molecule has 31 heavy (non-hydrogen) atoms. The molecule has 0 atom stereocenters. The molecule has 10 nitrogen and oxygen atoms in total. The van der Waals surface area contributed by atoms with Gasteiger partial charge in [-0.15, -0.1) is 0 Å². The molecule has 1 amide bonds. The minimum Gasteiger partial charge on any atom is -0.494 e. The van der Waals surface area contributed by atoms with E-state index >= 15 is 0 Å². The van der Waals surface area contributed by atoms with E-state index in [-0.39, 0.29) is 24.5 Å². The SMILES string of the molecule is [2H]C([2H])([2H])N1Cc2nc3c(c(Nc4cccc(-c5ncn(C)n5)c4OC)c2C1=O)OCC(=C)N3. The highest BCUT2D eigenvalue weighted by molar-refractivity contribution is 6.06. The number of fused-ring (bicyclic) bond motifs is 2. The first-order valence-electron chi connectivity index (χ1n) is 10.9. The van der Waals surface area contributed by atoms with Gasteiger partial charge >= 0.3 is 0 Å². The Bertz CT molecular complexity index is 1340. The third-order valence-electron chi connectivity index (χ3n) is 5.00. The maximum absolute atomic E-state index is 13.2. The van der Waals surface area contributed by atoms with Gasteiger partial charge in [0.1, 0.15) is 18.6 Å². The molecule has 0 saturated carbocycles. The largest absolute Gasteiger partial charge is 0.494 e. The highest BCUT2D eigenvalue weighted by Crippen LogP contribution is 2.45. The van der Waals surface area contributed by atoms with Gasteiger partial charge in [0.05, 0.1) is 36.2 Å². The van der Waals surface area contributed by atoms with Crippen molar-refractivity contribution in [3.8, 4) is 22.9 Å². The number of anilines is 3. The summed E-state index contributed by atoms with van der Waals surface area (Å²) in [5, 5.41) is 10.6. The summed E-state index contributed by atoms with van der Waals surface area (Å²) in [7, 11) is 3.28. The highest BCUT2D eigenvalue weighted by Gasteiger charge is 2.35. The van der Waals surface area contributed by atoms with Gasteiger partial charge < -0.3 is 25.0 Å². The fourth-order valence-electron chi connectivity index (χ4n) is 3.66. The van der Waals surface area contributed by atoms with Gasteiger partial charge in [-0.05, 0) is 12.1 Å². The number of pyridine rings is 1. The van der Waals surface area contributed by atoms with E-state index in [9.17, 15) is 4.79 Å². The molecular formula is C21H21N7O3. The van der Waals surface area contributed by atoms with Crippen LogP contribution in [0, 0.1) is 0 Å². The number of para-hydroxylation sites is 1. The highest BCUT2D eigenvalue weighted by atomic mass is 16.5. The minimum absolute atomic E-state index is 0.132. The van der Waals surface area contributed by atoms with Crippen molar-refractivity contribution in [2.24, 2.45) is 7.05 Å². The number of aromatic nitrogens is 4. The summed E-state index contributed by atoms with van der Waals surface area (Å²) in [5.41, 5.74) is 2.47. The lowest BCUT2D eigenvalue weighted by atomic mass is 10.1. The number of amides is 1. The van der Waals surface area contributed by atoms with Gasteiger partial charge in [-0.3, -0.25) is 9.48 Å². The quantitative estimate of drug-likeness (QED) is 0.661. The van der Waals surface area contributed by atoms with E-state index in [0.29, 0.717) is 45.7 Å². The number of aryl methyl sites for hydroxylation is 1. The number of hydrogen-bond donors (Lipinski definition) is 2. The average Bonchev–Trinajstić information content (AvgIpc) is 3.36. The van der Waals surface area contributed by atoms with Crippen molar-refractivity contribution < 1.29 is 18.4 Å². The summed E-state index contributed by atoms with van der Waals surface area (Å²) >= 11 is 0. The first-order valence-corrected chi connectivity index (χ1v) is 9.44. The summed E-state index contributed by atoms with van der Waals surface area (Å²) in [6, 6.07) is 5.37. The van der Waals surface area contributed by atoms with Crippen LogP contribution in [0.4, 0.5) is 17.2 Å². The molecule has 2 N–H and O–H groups in total. The maximum Gasteiger partial charge on any atom is 0.258 e. The standard InChI is InChI=1S/C21H21N7O3/c1-11-9-31-18-16(15-14(25-20(18)23-11)8-27(2)21(15)29)24-13-7-5-6-12(17(13)30-4)19-22-10-28(3)26-19/h5-7,10H,1,8-9H2,2-4H3,(H2,23,24,25)/i2D3. The van der Waals surface area contributed by atoms with E-state index in [0.717, 1.165) is 4.90 Å². The number of rotatable bonds is 4. The van der Waals surface area contributed by atoms with Crippen molar-refractivity contribution in [3.63, 3.8) is 0 Å². The lowest BCUT2D eigenvalue weighted by molar-refractivity contribution is 0.0817. The molecule has 2 aliphatic rings. The molecule has 158 valence electrons. The second-order valence-corrected chi connectivity index (χ2v) is 7.15. The van der Waals surface area contributed by atoms with Gasteiger partial charge in [0.2, 0.25) is 0 Å². The van der Waals surface area contributed by atoms with Crippen LogP contribution in [0.25, 0.3) is 11.4 Å². The van der Waals surface area contributed by atoms with Gasteiger partial charge in [-0.1, -0.05) is 12.6 Å². The molecule has 0 fully saturated rings. The molecule has 1 aromatic carbocycles. The van der Waals surface area contributed by atoms with Crippen LogP contribution in [-0.2, 0) is 13.6 Å². The number of carbonyl (C=O) groups is 1. The first-order chi connectivity index (χ1) is 16.2. The van der Waals surface area contributed by atoms with Crippen molar-refractivity contribution in [1.29, 1.82) is 0 Å². The van der Waals surface area contributed by atoms with Crippen LogP contribution in [0.5, 0.6) is 11.5 Å². The molecule has 10 heteroatoms. The minimum atomic E-state index is -2.62. The zero-order valence-electron chi connectivity index (χ0n) is 19.9. The van der Waals surface area contributed by atoms with E-state index in [4.69, 9.17) is 13.6 Å². The zero-order chi connectivity index (χ0) is 24.2. The van der Waals surface area contributed by atoms with Crippen molar-refractivity contribution in [3.05, 3.63) is 48.1 Å². The molecule has 4 heterocycles. The van der Waals surface area contributed by atoms with Crippen molar-refractivity contribution in [1.82, 2.24) is 24.6 Å². The molecule has 0 spiro atoms. The molecule has 0 aliphatic carbocycles. The predicted octanol–water partition coefficient (Wildman–Crippen LogP) is 2.53. The Morgan fingerprint density at radius 2 is 2.29 bits per heavy atom. The number of ether oxygens (including phenoxy) is 2. The number of nitrogens with one attached hydrogen (secondary N) is 2. The van der Waals surface area contributed by atoms with Crippen LogP contribution in [0.2, 0.25) is 0 Å². The Morgan fingerprint density at radius 3 is 3.03 bits per heavy atom. The van der Waals surface area contributed by atoms with Crippen molar-refractivity contribution >= 4 is 23.1 Å². The summed E-state index contributed by atoms with van der Waals surface area (Å²) in [6.45, 7) is 1.25. The Labute approximate surface area is 182 Å². The van der Waals surface area contributed by atoms with Crippen LogP contribution in [-0.4, -0.2) is 51.2 Å². The maximum atomic E-state index is 13.2. The van der Waals surface area contributed by atoms with Gasteiger partial charge in [-0.2, -0.15) is 5.10 Å². The van der Waals surface area contributed by atoms with Gasteiger partial charge in [0, 0.05) is 23.8 Å². The van der Waals surface area contributed by atoms with Crippen LogP contribution in [0.15, 0.2) is 36.8 Å². The van der Waals surface area contributed by atoms with Crippen molar-refractivity contribution in [2.75, 3.05) is 31.3 Å². The van der Waals surface area contributed by atoms with Crippen LogP contribution in [0.1, 0.15) is 20.2 Å². The number of nitrogens with zero attached hydrogens (tertiary/aromatic N) is 5. The summed E-state index contributed by atoms with van der Waals surface area (Å²) in [5.74, 6) is 0.875. The lowest BCUT2D eigenvalue weighted by Crippen LogP contribution is -2.20. The second-order valence-electron chi connectivity index (χ2n) is 7.15. The first kappa shape index (κ1) is 15.7. The Hall–Kier alpha value is -4.08. The van der Waals surface area contributed by atoms with Gasteiger partial charge in [0.25, 0.3) is 5.91 Å². The van der Waals surface area contributed by atoms with Crippen LogP contribution >= 0.6 is 0 Å². The molecule has 0 bridgehead atoms. The fraction of sp³-hybridized carbons (Fsp3) is 0.238. The van der Waals surface area contributed by atoms with E-state index in [1.165, 1.54) is 7.11 Å². The second kappa shape index (κ2) is 7.01. The summed E-state index contributed by atoms with van der Waals surface area (Å²) < 4.78 is 36.4. The molecule has 0 saturated heterocycles. The molecular weight excluding hydrogens is 398 g/mol. The number of methoxy groups -OCH3 is 1. The van der Waals surface area contributed by atoms with Crippen molar-refractivity contribution in [2.45, 2.75) is 6.54 Å². The monoisotopic (exact) mass is 422 g/mol. The average molecular weight is 422 g/mol. The normalized spacial score (nSPS) is 16.5. The predicted molar refractivity (Wildman–Crippen MR) is 115 cm³/mol. The molecule has 5 rings (SSSR count). The fourth-order valence-corrected chi connectivity index (χ4v) is 3.66. The summed E-state index contributed by atoms with van der Waals surface area (Å²) in [6.07, 6.45) is 1.58. The Morgan fingerprint density at radius 1 is 1.42 bits per heavy atom. The smallest absolute Gasteiger partial charge is 0.258 e. The molecule has 2 aliphatic heterocycles. The number of carbonyl (C=O) groups excluding carboxylic acids is 1. The zero-order valence-corrected chi connectivity index (χ0v) is 16.9. The van der Waals surface area contributed by atoms with E-state index < -0.39 is 12.9 Å². The lowest BCUT2D eigenvalue weighted by Gasteiger charge is -2.25. The Kier molecular flexibility index (Phi) is 3.55. The van der Waals surface area contributed by atoms with Crippen LogP contribution in [0.3, 0.4) is 0 Å². The number of benzene rings is 1. The van der Waals surface area contributed by atoms with Gasteiger partial charge in [-0.25, -0.2) is 9.97 Å². The Balaban J connectivity index is 1.66. The molecule has 0 radical (unpaired) electrons. The van der Waals surface area contributed by atoms with E-state index in [1.54, 1.807) is 30.2 Å². The molecule has 3 aromatic rings. The van der Waals surface area contributed by atoms with Gasteiger partial charge in [0.15, 0.2) is 23.1 Å². The van der Waals surface area contributed by atoms with E-state index in [2.05, 4.69) is 32.3 Å². The third kappa shape index (κ3) is 3.03. The molecule has 0 unspecified atom stereocenters. The number of hydrogen-bond acceptors (Lipinski definition) is 8. The van der Waals surface area contributed by atoms with Crippen LogP contribution < -0.4 is 20.1 Å². The third-order valence-corrected chi connectivity index (χ3v) is 5.00. The molecule has 2 aromatic heterocycles. The topological polar surface area (TPSA) is 106 Å².